The molecule has 1 aliphatic heterocycles. The van der Waals surface area contributed by atoms with Crippen LogP contribution in [0.15, 0.2) is 4.99 Å². The molecule has 0 amide bonds. The minimum atomic E-state index is -0.0417. The Hall–Kier alpha value is -0.370. The Kier molecular flexibility index (Phi) is 2.16. The second kappa shape index (κ2) is 2.27. The first kappa shape index (κ1) is 7.63. The molecule has 1 rings (SSSR count). The average Bonchev–Trinajstić information content (AvgIpc) is 1.84. The van der Waals surface area contributed by atoms with Crippen LogP contribution in [-0.4, -0.2) is 18.1 Å². The van der Waals surface area contributed by atoms with Crippen LogP contribution in [0.5, 0.6) is 0 Å². The van der Waals surface area contributed by atoms with Gasteiger partial charge in [-0.05, 0) is 0 Å². The lowest BCUT2D eigenvalue weighted by molar-refractivity contribution is -0.531. The molecule has 0 aromatic rings. The first-order chi connectivity index (χ1) is 3.21. The number of rotatable bonds is 0. The lowest BCUT2D eigenvalue weighted by Gasteiger charge is -1.99. The van der Waals surface area contributed by atoms with Gasteiger partial charge in [0.25, 0.3) is 0 Å². The molecular formula is C5H9ClN2. The van der Waals surface area contributed by atoms with Crippen LogP contribution in [0.1, 0.15) is 13.8 Å². The Balaban J connectivity index is 0.000000490. The SMILES string of the molecule is CC1(C)N=CC=[NH+]1.[Cl-]. The number of hydrogen-bond donors (Lipinski definition) is 1. The molecule has 0 radical (unpaired) electrons. The van der Waals surface area contributed by atoms with Crippen molar-refractivity contribution in [3.63, 3.8) is 0 Å². The summed E-state index contributed by atoms with van der Waals surface area (Å²) in [5.41, 5.74) is -0.0417. The molecule has 1 N–H and O–H groups in total. The molecule has 0 saturated carbocycles. The maximum Gasteiger partial charge on any atom is 0.247 e. The quantitative estimate of drug-likeness (QED) is 0.348. The van der Waals surface area contributed by atoms with Gasteiger partial charge in [-0.2, -0.15) is 0 Å². The van der Waals surface area contributed by atoms with Gasteiger partial charge >= 0.3 is 0 Å². The zero-order valence-electron chi connectivity index (χ0n) is 4.98. The van der Waals surface area contributed by atoms with Crippen LogP contribution in [0, 0.1) is 0 Å². The van der Waals surface area contributed by atoms with Gasteiger partial charge in [-0.3, -0.25) is 0 Å². The molecule has 0 aliphatic carbocycles. The van der Waals surface area contributed by atoms with Gasteiger partial charge < -0.3 is 12.4 Å². The van der Waals surface area contributed by atoms with E-state index in [1.54, 1.807) is 6.21 Å². The fourth-order valence-electron chi connectivity index (χ4n) is 0.502. The van der Waals surface area contributed by atoms with E-state index in [-0.39, 0.29) is 18.1 Å². The first-order valence-electron chi connectivity index (χ1n) is 2.35. The second-order valence-corrected chi connectivity index (χ2v) is 2.15. The van der Waals surface area contributed by atoms with Crippen molar-refractivity contribution in [1.29, 1.82) is 0 Å². The van der Waals surface area contributed by atoms with E-state index in [4.69, 9.17) is 0 Å². The van der Waals surface area contributed by atoms with E-state index in [0.717, 1.165) is 0 Å². The van der Waals surface area contributed by atoms with E-state index in [1.807, 2.05) is 20.1 Å². The highest BCUT2D eigenvalue weighted by molar-refractivity contribution is 6.14. The van der Waals surface area contributed by atoms with Gasteiger partial charge in [0.1, 0.15) is 0 Å². The molecule has 3 heteroatoms. The van der Waals surface area contributed by atoms with Gasteiger partial charge in [-0.1, -0.05) is 0 Å². The molecule has 0 bridgehead atoms. The van der Waals surface area contributed by atoms with Crippen LogP contribution in [-0.2, 0) is 0 Å². The van der Waals surface area contributed by atoms with E-state index in [9.17, 15) is 0 Å². The van der Waals surface area contributed by atoms with Crippen molar-refractivity contribution in [3.8, 4) is 0 Å². The average molecular weight is 133 g/mol. The van der Waals surface area contributed by atoms with Crippen molar-refractivity contribution >= 4 is 12.4 Å². The number of nitrogens with zero attached hydrogens (tertiary/aromatic N) is 1. The lowest BCUT2D eigenvalue weighted by atomic mass is 10.3. The molecule has 0 saturated heterocycles. The molecule has 1 aliphatic rings. The van der Waals surface area contributed by atoms with E-state index < -0.39 is 0 Å². The molecule has 1 heterocycles. The third kappa shape index (κ3) is 1.62. The maximum absolute atomic E-state index is 4.08. The van der Waals surface area contributed by atoms with Crippen LogP contribution in [0.2, 0.25) is 0 Å². The zero-order chi connectivity index (χ0) is 5.33. The maximum atomic E-state index is 4.08. The predicted octanol–water partition coefficient (Wildman–Crippen LogP) is -4.04. The molecule has 0 spiro atoms. The van der Waals surface area contributed by atoms with E-state index in [1.165, 1.54) is 0 Å². The molecule has 0 unspecified atom stereocenters. The van der Waals surface area contributed by atoms with Crippen LogP contribution in [0.25, 0.3) is 0 Å². The van der Waals surface area contributed by atoms with E-state index in [0.29, 0.717) is 0 Å². The molecule has 0 aromatic carbocycles. The summed E-state index contributed by atoms with van der Waals surface area (Å²) in [5.74, 6) is 0. The van der Waals surface area contributed by atoms with Gasteiger partial charge in [0.2, 0.25) is 5.66 Å². The summed E-state index contributed by atoms with van der Waals surface area (Å²) < 4.78 is 0. The predicted molar refractivity (Wildman–Crippen MR) is 29.6 cm³/mol. The highest BCUT2D eigenvalue weighted by Gasteiger charge is 2.20. The van der Waals surface area contributed by atoms with E-state index >= 15 is 0 Å². The Bertz CT molecular complexity index is 112. The largest absolute Gasteiger partial charge is 1.00 e. The number of halogens is 1. The minimum absolute atomic E-state index is 0. The fraction of sp³-hybridized carbons (Fsp3) is 0.600. The summed E-state index contributed by atoms with van der Waals surface area (Å²) in [6.45, 7) is 4.04. The van der Waals surface area contributed by atoms with Gasteiger partial charge in [0, 0.05) is 13.8 Å². The molecular weight excluding hydrogens is 124 g/mol. The summed E-state index contributed by atoms with van der Waals surface area (Å²) in [6, 6.07) is 0. The van der Waals surface area contributed by atoms with Crippen LogP contribution in [0.3, 0.4) is 0 Å². The van der Waals surface area contributed by atoms with Gasteiger partial charge in [-0.25, -0.2) is 9.98 Å². The third-order valence-corrected chi connectivity index (χ3v) is 0.908. The van der Waals surface area contributed by atoms with Crippen LogP contribution < -0.4 is 17.4 Å². The van der Waals surface area contributed by atoms with Crippen molar-refractivity contribution in [2.45, 2.75) is 19.5 Å². The monoisotopic (exact) mass is 132 g/mol. The van der Waals surface area contributed by atoms with Gasteiger partial charge in [-0.15, -0.1) is 0 Å². The first-order valence-corrected chi connectivity index (χ1v) is 2.35. The van der Waals surface area contributed by atoms with Crippen molar-refractivity contribution in [1.82, 2.24) is 0 Å². The molecule has 46 valence electrons. The smallest absolute Gasteiger partial charge is 0.247 e. The Morgan fingerprint density at radius 2 is 2.12 bits per heavy atom. The normalized spacial score (nSPS) is 20.8. The zero-order valence-corrected chi connectivity index (χ0v) is 5.74. The number of aliphatic imine (C=N–C) groups is 1. The summed E-state index contributed by atoms with van der Waals surface area (Å²) >= 11 is 0. The van der Waals surface area contributed by atoms with Crippen LogP contribution >= 0.6 is 0 Å². The molecule has 0 fully saturated rings. The summed E-state index contributed by atoms with van der Waals surface area (Å²) in [5, 5.41) is 0. The number of nitrogens with one attached hydrogen (secondary N) is 1. The third-order valence-electron chi connectivity index (χ3n) is 0.908. The van der Waals surface area contributed by atoms with Crippen molar-refractivity contribution in [3.05, 3.63) is 0 Å². The second-order valence-electron chi connectivity index (χ2n) is 2.15. The Labute approximate surface area is 55.1 Å². The molecule has 2 nitrogen and oxygen atoms in total. The highest BCUT2D eigenvalue weighted by atomic mass is 35.5. The van der Waals surface area contributed by atoms with Crippen molar-refractivity contribution < 1.29 is 17.4 Å². The number of hydrogen-bond acceptors (Lipinski definition) is 1. The molecule has 0 aromatic heterocycles. The molecule has 0 atom stereocenters. The fourth-order valence-corrected chi connectivity index (χ4v) is 0.502. The van der Waals surface area contributed by atoms with Crippen molar-refractivity contribution in [2.75, 3.05) is 0 Å². The summed E-state index contributed by atoms with van der Waals surface area (Å²) in [4.78, 5) is 7.12. The van der Waals surface area contributed by atoms with E-state index in [2.05, 4.69) is 9.98 Å². The standard InChI is InChI=1S/C5H8N2.ClH/c1-5(2)6-3-4-7-5;/h3-4H,1-2H3;1H. The Morgan fingerprint density at radius 3 is 2.25 bits per heavy atom. The summed E-state index contributed by atoms with van der Waals surface area (Å²) in [7, 11) is 0. The van der Waals surface area contributed by atoms with Gasteiger partial charge in [0.05, 0.1) is 6.21 Å². The molecule has 8 heavy (non-hydrogen) atoms. The summed E-state index contributed by atoms with van der Waals surface area (Å²) in [6.07, 6.45) is 3.62. The van der Waals surface area contributed by atoms with Crippen LogP contribution in [0.4, 0.5) is 0 Å². The highest BCUT2D eigenvalue weighted by Crippen LogP contribution is 1.93. The van der Waals surface area contributed by atoms with Crippen molar-refractivity contribution in [2.24, 2.45) is 4.99 Å². The minimum Gasteiger partial charge on any atom is -1.00 e. The Morgan fingerprint density at radius 1 is 1.50 bits per heavy atom. The lowest BCUT2D eigenvalue weighted by Crippen LogP contribution is -3.00. The van der Waals surface area contributed by atoms with Gasteiger partial charge in [0.15, 0.2) is 6.21 Å². The topological polar surface area (TPSA) is 26.3 Å².